The maximum absolute atomic E-state index is 12.6. The van der Waals surface area contributed by atoms with E-state index in [0.29, 0.717) is 6.42 Å². The lowest BCUT2D eigenvalue weighted by Gasteiger charge is -2.39. The third-order valence-electron chi connectivity index (χ3n) is 7.20. The first-order chi connectivity index (χ1) is 14.8. The molecule has 1 spiro atoms. The maximum Gasteiger partial charge on any atom is 0.226 e. The van der Waals surface area contributed by atoms with Gasteiger partial charge in [-0.2, -0.15) is 0 Å². The summed E-state index contributed by atoms with van der Waals surface area (Å²) in [6, 6.07) is 17.1. The average molecular weight is 405 g/mol. The van der Waals surface area contributed by atoms with E-state index in [1.54, 1.807) is 0 Å². The van der Waals surface area contributed by atoms with E-state index in [-0.39, 0.29) is 11.5 Å². The van der Waals surface area contributed by atoms with Gasteiger partial charge in [0.1, 0.15) is 0 Å². The number of aryl methyl sites for hydroxylation is 1. The van der Waals surface area contributed by atoms with Crippen LogP contribution < -0.4 is 4.90 Å². The number of carbonyl (C=O) groups is 1. The van der Waals surface area contributed by atoms with Crippen molar-refractivity contribution in [1.82, 2.24) is 4.90 Å². The van der Waals surface area contributed by atoms with Gasteiger partial charge in [0.05, 0.1) is 12.2 Å². The molecule has 0 bridgehead atoms. The number of carbonyl (C=O) groups excluding carboxylic acids is 1. The van der Waals surface area contributed by atoms with Crippen molar-refractivity contribution in [3.8, 4) is 0 Å². The lowest BCUT2D eigenvalue weighted by Crippen LogP contribution is -2.43. The van der Waals surface area contributed by atoms with Gasteiger partial charge in [0.2, 0.25) is 5.91 Å². The highest BCUT2D eigenvalue weighted by atomic mass is 16.5. The van der Waals surface area contributed by atoms with E-state index < -0.39 is 0 Å². The molecule has 158 valence electrons. The molecule has 2 aromatic carbocycles. The molecule has 1 saturated heterocycles. The maximum atomic E-state index is 12.6. The fourth-order valence-electron chi connectivity index (χ4n) is 5.47. The minimum Gasteiger partial charge on any atom is -0.365 e. The summed E-state index contributed by atoms with van der Waals surface area (Å²) in [4.78, 5) is 17.2. The third kappa shape index (κ3) is 3.79. The molecule has 5 rings (SSSR count). The molecule has 0 atom stereocenters. The van der Waals surface area contributed by atoms with Crippen molar-refractivity contribution >= 4 is 11.6 Å². The van der Waals surface area contributed by atoms with Crippen LogP contribution in [0.1, 0.15) is 55.2 Å². The molecular formula is C26H32N2O2. The van der Waals surface area contributed by atoms with Gasteiger partial charge in [0.15, 0.2) is 0 Å². The summed E-state index contributed by atoms with van der Waals surface area (Å²) < 4.78 is 6.29. The quantitative estimate of drug-likeness (QED) is 0.680. The van der Waals surface area contributed by atoms with Gasteiger partial charge in [0.25, 0.3) is 0 Å². The summed E-state index contributed by atoms with van der Waals surface area (Å²) in [6.07, 6.45) is 7.01. The number of piperidine rings is 1. The van der Waals surface area contributed by atoms with E-state index in [2.05, 4.69) is 53.4 Å². The van der Waals surface area contributed by atoms with Gasteiger partial charge in [0, 0.05) is 31.7 Å². The molecule has 1 fully saturated rings. The second-order valence-electron chi connectivity index (χ2n) is 9.02. The third-order valence-corrected chi connectivity index (χ3v) is 7.20. The number of ether oxygens (including phenoxy) is 1. The molecule has 3 aliphatic heterocycles. The lowest BCUT2D eigenvalue weighted by molar-refractivity contribution is -0.118. The van der Waals surface area contributed by atoms with Gasteiger partial charge in [-0.05, 0) is 67.8 Å². The van der Waals surface area contributed by atoms with Gasteiger partial charge in [-0.1, -0.05) is 42.5 Å². The predicted molar refractivity (Wildman–Crippen MR) is 120 cm³/mol. The fourth-order valence-corrected chi connectivity index (χ4v) is 5.47. The van der Waals surface area contributed by atoms with Crippen LogP contribution in [0.15, 0.2) is 48.5 Å². The van der Waals surface area contributed by atoms with Crippen molar-refractivity contribution in [3.63, 3.8) is 0 Å². The molecule has 0 saturated carbocycles. The average Bonchev–Trinajstić information content (AvgIpc) is 3.05. The van der Waals surface area contributed by atoms with E-state index in [1.165, 1.54) is 16.7 Å². The number of hydrogen-bond acceptors (Lipinski definition) is 3. The molecular weight excluding hydrogens is 372 g/mol. The molecule has 0 aliphatic carbocycles. The van der Waals surface area contributed by atoms with Crippen LogP contribution in [0.25, 0.3) is 0 Å². The summed E-state index contributed by atoms with van der Waals surface area (Å²) in [5.41, 5.74) is 5.20. The van der Waals surface area contributed by atoms with E-state index in [9.17, 15) is 4.79 Å². The van der Waals surface area contributed by atoms with Crippen molar-refractivity contribution < 1.29 is 9.53 Å². The van der Waals surface area contributed by atoms with Crippen LogP contribution in [0, 0.1) is 0 Å². The molecule has 0 radical (unpaired) electrons. The number of likely N-dealkylation sites (tertiary alicyclic amines) is 1. The topological polar surface area (TPSA) is 32.8 Å². The number of nitrogens with zero attached hydrogens (tertiary/aromatic N) is 2. The predicted octanol–water partition coefficient (Wildman–Crippen LogP) is 4.66. The number of rotatable bonds is 5. The van der Waals surface area contributed by atoms with Gasteiger partial charge in [-0.15, -0.1) is 0 Å². The number of anilines is 1. The van der Waals surface area contributed by atoms with Crippen LogP contribution in [0.5, 0.6) is 0 Å². The Morgan fingerprint density at radius 3 is 2.47 bits per heavy atom. The fraction of sp³-hybridized carbons (Fsp3) is 0.500. The molecule has 0 N–H and O–H groups in total. The van der Waals surface area contributed by atoms with E-state index in [0.717, 1.165) is 77.0 Å². The number of unbranched alkanes of at least 4 members (excludes halogenated alkanes) is 1. The Morgan fingerprint density at radius 2 is 1.60 bits per heavy atom. The molecule has 4 nitrogen and oxygen atoms in total. The Kier molecular flexibility index (Phi) is 5.62. The first-order valence-corrected chi connectivity index (χ1v) is 11.6. The van der Waals surface area contributed by atoms with Crippen LogP contribution in [-0.2, 0) is 28.2 Å². The molecule has 4 heteroatoms. The highest BCUT2D eigenvalue weighted by molar-refractivity contribution is 5.94. The largest absolute Gasteiger partial charge is 0.365 e. The summed E-state index contributed by atoms with van der Waals surface area (Å²) >= 11 is 0. The normalized spacial score (nSPS) is 20.8. The van der Waals surface area contributed by atoms with Gasteiger partial charge >= 0.3 is 0 Å². The van der Waals surface area contributed by atoms with Gasteiger partial charge in [-0.25, -0.2) is 0 Å². The smallest absolute Gasteiger partial charge is 0.226 e. The van der Waals surface area contributed by atoms with Crippen molar-refractivity contribution in [3.05, 3.63) is 65.2 Å². The molecule has 0 unspecified atom stereocenters. The second-order valence-corrected chi connectivity index (χ2v) is 9.02. The summed E-state index contributed by atoms with van der Waals surface area (Å²) in [5.74, 6) is 0.289. The Hall–Kier alpha value is -2.17. The monoisotopic (exact) mass is 404 g/mol. The molecule has 30 heavy (non-hydrogen) atoms. The van der Waals surface area contributed by atoms with Crippen molar-refractivity contribution in [2.75, 3.05) is 31.1 Å². The summed E-state index contributed by atoms with van der Waals surface area (Å²) in [7, 11) is 0. The highest BCUT2D eigenvalue weighted by Gasteiger charge is 2.42. The van der Waals surface area contributed by atoms with E-state index >= 15 is 0 Å². The van der Waals surface area contributed by atoms with Crippen molar-refractivity contribution in [2.24, 2.45) is 0 Å². The van der Waals surface area contributed by atoms with Gasteiger partial charge < -0.3 is 14.5 Å². The van der Waals surface area contributed by atoms with E-state index in [4.69, 9.17) is 4.74 Å². The van der Waals surface area contributed by atoms with Crippen LogP contribution in [0.3, 0.4) is 0 Å². The van der Waals surface area contributed by atoms with Crippen LogP contribution in [-0.4, -0.2) is 37.0 Å². The Balaban J connectivity index is 1.12. The van der Waals surface area contributed by atoms with Crippen molar-refractivity contribution in [1.29, 1.82) is 0 Å². The zero-order valence-corrected chi connectivity index (χ0v) is 17.8. The van der Waals surface area contributed by atoms with E-state index in [1.807, 2.05) is 4.90 Å². The number of amides is 1. The minimum atomic E-state index is -0.0464. The first kappa shape index (κ1) is 19.8. The molecule has 2 aromatic rings. The molecule has 0 aromatic heterocycles. The standard InChI is InChI=1S/C26H32N2O2/c29-25-13-7-10-21-8-2-4-12-24(21)28(25)17-6-5-16-27-18-14-26(15-19-27)23-11-3-1-9-22(23)20-30-26/h1-4,8-9,11-12H,5-7,10,13-20H2. The van der Waals surface area contributed by atoms with Crippen LogP contribution >= 0.6 is 0 Å². The minimum absolute atomic E-state index is 0.0464. The molecule has 1 amide bonds. The Labute approximate surface area is 179 Å². The number of fused-ring (bicyclic) bond motifs is 3. The van der Waals surface area contributed by atoms with Crippen LogP contribution in [0.2, 0.25) is 0 Å². The zero-order valence-electron chi connectivity index (χ0n) is 17.8. The lowest BCUT2D eigenvalue weighted by atomic mass is 9.84. The molecule has 3 heterocycles. The number of hydrogen-bond donors (Lipinski definition) is 0. The van der Waals surface area contributed by atoms with Gasteiger partial charge in [-0.3, -0.25) is 4.79 Å². The zero-order chi connectivity index (χ0) is 20.4. The summed E-state index contributed by atoms with van der Waals surface area (Å²) in [6.45, 7) is 4.91. The SMILES string of the molecule is O=C1CCCc2ccccc2N1CCCCN1CCC2(CC1)OCc1ccccc12. The number of para-hydroxylation sites is 1. The first-order valence-electron chi connectivity index (χ1n) is 11.6. The van der Waals surface area contributed by atoms with Crippen LogP contribution in [0.4, 0.5) is 5.69 Å². The number of benzene rings is 2. The second kappa shape index (κ2) is 8.52. The summed E-state index contributed by atoms with van der Waals surface area (Å²) in [5, 5.41) is 0. The molecule has 3 aliphatic rings. The Morgan fingerprint density at radius 1 is 0.867 bits per heavy atom. The Bertz CT molecular complexity index is 901. The van der Waals surface area contributed by atoms with Crippen molar-refractivity contribution in [2.45, 2.75) is 57.2 Å². The highest BCUT2D eigenvalue weighted by Crippen LogP contribution is 2.43.